The van der Waals surface area contributed by atoms with Crippen LogP contribution in [-0.2, 0) is 14.3 Å². The molecule has 0 aromatic heterocycles. The van der Waals surface area contributed by atoms with Crippen molar-refractivity contribution in [3.8, 4) is 0 Å². The highest BCUT2D eigenvalue weighted by atomic mass is 16.7. The van der Waals surface area contributed by atoms with E-state index >= 15 is 0 Å². The number of rotatable bonds is 5. The molecule has 3 unspecified atom stereocenters. The van der Waals surface area contributed by atoms with Crippen molar-refractivity contribution in [1.29, 1.82) is 0 Å². The van der Waals surface area contributed by atoms with E-state index in [1.165, 1.54) is 14.1 Å². The Morgan fingerprint density at radius 2 is 1.62 bits per heavy atom. The first-order valence-corrected chi connectivity index (χ1v) is 7.82. The zero-order valence-corrected chi connectivity index (χ0v) is 13.8. The minimum atomic E-state index is -2.28. The first-order valence-electron chi connectivity index (χ1n) is 7.82. The Balaban J connectivity index is 2.24. The molecule has 1 aliphatic carbocycles. The number of hydrogen-bond acceptors (Lipinski definition) is 9. The van der Waals surface area contributed by atoms with Gasteiger partial charge in [0, 0.05) is 6.42 Å². The first kappa shape index (κ1) is 19.5. The number of likely N-dealkylation sites (N-methyl/N-ethyl adjacent to an activating group) is 2. The van der Waals surface area contributed by atoms with E-state index in [-0.39, 0.29) is 6.42 Å². The number of carbonyl (C=O) groups is 1. The molecule has 24 heavy (non-hydrogen) atoms. The van der Waals surface area contributed by atoms with Gasteiger partial charge in [-0.05, 0) is 21.0 Å². The van der Waals surface area contributed by atoms with Gasteiger partial charge in [-0.15, -0.1) is 0 Å². The van der Waals surface area contributed by atoms with E-state index in [1.807, 2.05) is 0 Å². The van der Waals surface area contributed by atoms with Gasteiger partial charge in [-0.1, -0.05) is 0 Å². The average Bonchev–Trinajstić information content (AvgIpc) is 2.80. The lowest BCUT2D eigenvalue weighted by atomic mass is 9.81. The van der Waals surface area contributed by atoms with E-state index in [4.69, 9.17) is 9.47 Å². The van der Waals surface area contributed by atoms with Crippen LogP contribution in [0.25, 0.3) is 0 Å². The van der Waals surface area contributed by atoms with Crippen LogP contribution in [0.15, 0.2) is 0 Å². The summed E-state index contributed by atoms with van der Waals surface area (Å²) >= 11 is 0. The molecule has 1 saturated carbocycles. The van der Waals surface area contributed by atoms with Gasteiger partial charge in [0.15, 0.2) is 6.29 Å². The summed E-state index contributed by atoms with van der Waals surface area (Å²) in [5.41, 5.74) is -2.28. The summed E-state index contributed by atoms with van der Waals surface area (Å²) in [4.78, 5) is 11.4. The lowest BCUT2D eigenvalue weighted by Crippen LogP contribution is -2.71. The molecular weight excluding hydrogens is 324 g/mol. The normalized spacial score (nSPS) is 49.3. The molecule has 140 valence electrons. The maximum Gasteiger partial charge on any atom is 0.341 e. The Morgan fingerprint density at radius 1 is 1.12 bits per heavy atom. The van der Waals surface area contributed by atoms with E-state index in [9.17, 15) is 30.3 Å². The van der Waals surface area contributed by atoms with Crippen LogP contribution in [-0.4, -0.2) is 100 Å². The summed E-state index contributed by atoms with van der Waals surface area (Å²) in [7, 11) is 3.06. The molecule has 2 rings (SSSR count). The SMILES string of the molecule is CN[C@@H]1C(O)[C@H](NC)[C@@H](O)C(O[C@@H]2O[C@H](C)CC2(O)C(=O)O)[C@H]1O. The number of aliphatic hydroxyl groups is 4. The molecule has 10 nitrogen and oxygen atoms in total. The van der Waals surface area contributed by atoms with Crippen molar-refractivity contribution < 1.29 is 39.8 Å². The quantitative estimate of drug-likeness (QED) is 0.266. The van der Waals surface area contributed by atoms with Crippen molar-refractivity contribution in [3.63, 3.8) is 0 Å². The van der Waals surface area contributed by atoms with Gasteiger partial charge in [-0.25, -0.2) is 4.79 Å². The Kier molecular flexibility index (Phi) is 5.83. The smallest absolute Gasteiger partial charge is 0.341 e. The van der Waals surface area contributed by atoms with Crippen molar-refractivity contribution in [2.24, 2.45) is 0 Å². The van der Waals surface area contributed by atoms with Crippen molar-refractivity contribution in [3.05, 3.63) is 0 Å². The van der Waals surface area contributed by atoms with Crippen LogP contribution in [0.5, 0.6) is 0 Å². The maximum atomic E-state index is 11.4. The molecule has 2 fully saturated rings. The zero-order valence-electron chi connectivity index (χ0n) is 13.8. The number of aliphatic hydroxyl groups excluding tert-OH is 3. The van der Waals surface area contributed by atoms with Crippen molar-refractivity contribution in [2.75, 3.05) is 14.1 Å². The summed E-state index contributed by atoms with van der Waals surface area (Å²) in [5.74, 6) is -1.51. The van der Waals surface area contributed by atoms with Crippen LogP contribution in [0, 0.1) is 0 Å². The zero-order chi connectivity index (χ0) is 18.2. The molecular formula is C14H26N2O8. The van der Waals surface area contributed by atoms with Crippen LogP contribution in [0.3, 0.4) is 0 Å². The predicted octanol–water partition coefficient (Wildman–Crippen LogP) is -3.41. The fraction of sp³-hybridized carbons (Fsp3) is 0.929. The van der Waals surface area contributed by atoms with E-state index < -0.39 is 60.5 Å². The minimum absolute atomic E-state index is 0.181. The molecule has 7 N–H and O–H groups in total. The molecule has 1 aliphatic heterocycles. The second-order valence-electron chi connectivity index (χ2n) is 6.41. The van der Waals surface area contributed by atoms with Gasteiger partial charge < -0.3 is 45.6 Å². The lowest BCUT2D eigenvalue weighted by molar-refractivity contribution is -0.268. The fourth-order valence-electron chi connectivity index (χ4n) is 3.46. The number of nitrogens with one attached hydrogen (secondary N) is 2. The summed E-state index contributed by atoms with van der Waals surface area (Å²) < 4.78 is 10.8. The summed E-state index contributed by atoms with van der Waals surface area (Å²) in [6.07, 6.45) is -7.37. The molecule has 0 aromatic carbocycles. The molecule has 1 saturated heterocycles. The van der Waals surface area contributed by atoms with Crippen LogP contribution in [0.1, 0.15) is 13.3 Å². The van der Waals surface area contributed by atoms with Gasteiger partial charge in [0.25, 0.3) is 0 Å². The highest BCUT2D eigenvalue weighted by Gasteiger charge is 2.57. The third-order valence-electron chi connectivity index (χ3n) is 4.81. The molecule has 10 heteroatoms. The molecule has 2 aliphatic rings. The number of carboxylic acid groups (broad SMARTS) is 1. The van der Waals surface area contributed by atoms with E-state index in [0.717, 1.165) is 0 Å². The van der Waals surface area contributed by atoms with Crippen molar-refractivity contribution in [2.45, 2.75) is 67.8 Å². The predicted molar refractivity (Wildman–Crippen MR) is 80.1 cm³/mol. The van der Waals surface area contributed by atoms with Gasteiger partial charge in [0.2, 0.25) is 5.60 Å². The third-order valence-corrected chi connectivity index (χ3v) is 4.81. The Labute approximate surface area is 139 Å². The molecule has 0 aromatic rings. The van der Waals surface area contributed by atoms with Gasteiger partial charge in [0.1, 0.15) is 18.3 Å². The monoisotopic (exact) mass is 350 g/mol. The average molecular weight is 350 g/mol. The molecule has 0 spiro atoms. The molecule has 0 bridgehead atoms. The molecule has 0 radical (unpaired) electrons. The lowest BCUT2D eigenvalue weighted by Gasteiger charge is -2.46. The van der Waals surface area contributed by atoms with Gasteiger partial charge in [0.05, 0.1) is 24.3 Å². The van der Waals surface area contributed by atoms with Crippen molar-refractivity contribution in [1.82, 2.24) is 10.6 Å². The fourth-order valence-corrected chi connectivity index (χ4v) is 3.46. The Morgan fingerprint density at radius 3 is 2.04 bits per heavy atom. The third kappa shape index (κ3) is 3.16. The largest absolute Gasteiger partial charge is 0.479 e. The number of ether oxygens (including phenoxy) is 2. The molecule has 1 heterocycles. The molecule has 9 atom stereocenters. The van der Waals surface area contributed by atoms with Crippen LogP contribution in [0.2, 0.25) is 0 Å². The first-order chi connectivity index (χ1) is 11.2. The Bertz CT molecular complexity index is 448. The second kappa shape index (κ2) is 7.18. The summed E-state index contributed by atoms with van der Waals surface area (Å²) in [5, 5.41) is 56.1. The second-order valence-corrected chi connectivity index (χ2v) is 6.41. The van der Waals surface area contributed by atoms with E-state index in [1.54, 1.807) is 6.92 Å². The van der Waals surface area contributed by atoms with Crippen LogP contribution >= 0.6 is 0 Å². The minimum Gasteiger partial charge on any atom is -0.479 e. The van der Waals surface area contributed by atoms with Crippen LogP contribution < -0.4 is 10.6 Å². The van der Waals surface area contributed by atoms with Gasteiger partial charge in [-0.3, -0.25) is 0 Å². The van der Waals surface area contributed by atoms with E-state index in [0.29, 0.717) is 0 Å². The van der Waals surface area contributed by atoms with E-state index in [2.05, 4.69) is 10.6 Å². The highest BCUT2D eigenvalue weighted by molar-refractivity contribution is 5.78. The maximum absolute atomic E-state index is 11.4. The topological polar surface area (TPSA) is 161 Å². The highest BCUT2D eigenvalue weighted by Crippen LogP contribution is 2.35. The van der Waals surface area contributed by atoms with Crippen molar-refractivity contribution >= 4 is 5.97 Å². The number of aliphatic carboxylic acids is 1. The summed E-state index contributed by atoms with van der Waals surface area (Å²) in [6, 6.07) is -1.65. The van der Waals surface area contributed by atoms with Gasteiger partial charge in [-0.2, -0.15) is 0 Å². The summed E-state index contributed by atoms with van der Waals surface area (Å²) in [6.45, 7) is 1.58. The number of hydrogen-bond donors (Lipinski definition) is 7. The molecule has 0 amide bonds. The number of carboxylic acids is 1. The standard InChI is InChI=1S/C14H26N2O8/c1-5-4-14(22,12(20)21)13(23-5)24-11-9(18)6(15-2)8(17)7(16-3)10(11)19/h5-11,13,15-19,22H,4H2,1-3H3,(H,20,21)/t5-,6-,7+,8?,9+,10-,11?,13+,14?/m1/s1. The van der Waals surface area contributed by atoms with Gasteiger partial charge >= 0.3 is 5.97 Å². The van der Waals surface area contributed by atoms with Crippen LogP contribution in [0.4, 0.5) is 0 Å². The Hall–Kier alpha value is -0.850.